The van der Waals surface area contributed by atoms with E-state index in [-0.39, 0.29) is 5.91 Å². The zero-order valence-corrected chi connectivity index (χ0v) is 17.2. The number of rotatable bonds is 5. The summed E-state index contributed by atoms with van der Waals surface area (Å²) in [6.07, 6.45) is 1.13. The molecule has 3 aromatic rings. The SMILES string of the molecule is Cc1cccc(N2CCN(C(=O)CCc3ccc(-c4ccccc4)o3)CC2)c1C. The summed E-state index contributed by atoms with van der Waals surface area (Å²) in [5.41, 5.74) is 5.00. The van der Waals surface area contributed by atoms with Crippen molar-refractivity contribution in [2.75, 3.05) is 31.1 Å². The molecule has 1 amide bonds. The van der Waals surface area contributed by atoms with Crippen molar-refractivity contribution < 1.29 is 9.21 Å². The van der Waals surface area contributed by atoms with Crippen molar-refractivity contribution in [3.63, 3.8) is 0 Å². The molecule has 1 saturated heterocycles. The number of carbonyl (C=O) groups is 1. The summed E-state index contributed by atoms with van der Waals surface area (Å²) < 4.78 is 5.93. The molecule has 1 aliphatic rings. The van der Waals surface area contributed by atoms with E-state index >= 15 is 0 Å². The summed E-state index contributed by atoms with van der Waals surface area (Å²) in [5, 5.41) is 0. The van der Waals surface area contributed by atoms with Gasteiger partial charge in [-0.25, -0.2) is 0 Å². The van der Waals surface area contributed by atoms with Gasteiger partial charge in [-0.15, -0.1) is 0 Å². The Morgan fingerprint density at radius 1 is 0.897 bits per heavy atom. The van der Waals surface area contributed by atoms with Gasteiger partial charge in [0.25, 0.3) is 0 Å². The molecule has 0 atom stereocenters. The quantitative estimate of drug-likeness (QED) is 0.627. The molecule has 29 heavy (non-hydrogen) atoms. The summed E-state index contributed by atoms with van der Waals surface area (Å²) in [6, 6.07) is 20.5. The van der Waals surface area contributed by atoms with E-state index in [2.05, 4.69) is 36.9 Å². The topological polar surface area (TPSA) is 36.7 Å². The molecule has 0 saturated carbocycles. The number of hydrogen-bond donors (Lipinski definition) is 0. The third kappa shape index (κ3) is 4.37. The maximum atomic E-state index is 12.7. The lowest BCUT2D eigenvalue weighted by Crippen LogP contribution is -2.49. The highest BCUT2D eigenvalue weighted by atomic mass is 16.3. The molecule has 150 valence electrons. The number of anilines is 1. The van der Waals surface area contributed by atoms with E-state index in [1.54, 1.807) is 0 Å². The molecule has 2 aromatic carbocycles. The average Bonchev–Trinajstić information content (AvgIpc) is 3.24. The van der Waals surface area contributed by atoms with Crippen LogP contribution >= 0.6 is 0 Å². The Hall–Kier alpha value is -3.01. The highest BCUT2D eigenvalue weighted by Gasteiger charge is 2.22. The molecule has 0 aliphatic carbocycles. The van der Waals surface area contributed by atoms with Gasteiger partial charge in [0, 0.05) is 50.3 Å². The van der Waals surface area contributed by atoms with Gasteiger partial charge in [-0.2, -0.15) is 0 Å². The van der Waals surface area contributed by atoms with E-state index in [1.807, 2.05) is 47.4 Å². The Bertz CT molecular complexity index is 969. The molecule has 0 radical (unpaired) electrons. The molecule has 4 heteroatoms. The third-order valence-corrected chi connectivity index (χ3v) is 5.85. The lowest BCUT2D eigenvalue weighted by Gasteiger charge is -2.37. The molecule has 0 unspecified atom stereocenters. The van der Waals surface area contributed by atoms with Gasteiger partial charge in [-0.05, 0) is 43.2 Å². The fourth-order valence-electron chi connectivity index (χ4n) is 3.93. The molecule has 0 bridgehead atoms. The van der Waals surface area contributed by atoms with Gasteiger partial charge in [0.2, 0.25) is 5.91 Å². The number of amides is 1. The molecule has 2 heterocycles. The Balaban J connectivity index is 1.29. The minimum absolute atomic E-state index is 0.211. The maximum Gasteiger partial charge on any atom is 0.223 e. The summed E-state index contributed by atoms with van der Waals surface area (Å²) in [5.74, 6) is 1.93. The number of hydrogen-bond acceptors (Lipinski definition) is 3. The minimum Gasteiger partial charge on any atom is -0.461 e. The van der Waals surface area contributed by atoms with Crippen LogP contribution < -0.4 is 4.90 Å². The minimum atomic E-state index is 0.211. The Morgan fingerprint density at radius 3 is 2.41 bits per heavy atom. The second-order valence-corrected chi connectivity index (χ2v) is 7.72. The van der Waals surface area contributed by atoms with Crippen LogP contribution in [-0.2, 0) is 11.2 Å². The van der Waals surface area contributed by atoms with Crippen LogP contribution in [-0.4, -0.2) is 37.0 Å². The van der Waals surface area contributed by atoms with Gasteiger partial charge in [-0.1, -0.05) is 42.5 Å². The molecule has 4 nitrogen and oxygen atoms in total. The molecule has 1 aromatic heterocycles. The summed E-state index contributed by atoms with van der Waals surface area (Å²) >= 11 is 0. The van der Waals surface area contributed by atoms with Gasteiger partial charge in [0.05, 0.1) is 0 Å². The molecular weight excluding hydrogens is 360 g/mol. The van der Waals surface area contributed by atoms with Crippen molar-refractivity contribution in [3.8, 4) is 11.3 Å². The largest absolute Gasteiger partial charge is 0.461 e. The maximum absolute atomic E-state index is 12.7. The highest BCUT2D eigenvalue weighted by molar-refractivity contribution is 5.77. The number of nitrogens with zero attached hydrogens (tertiary/aromatic N) is 2. The van der Waals surface area contributed by atoms with E-state index in [4.69, 9.17) is 4.42 Å². The molecular formula is C25H28N2O2. The predicted octanol–water partition coefficient (Wildman–Crippen LogP) is 4.84. The standard InChI is InChI=1S/C25H28N2O2/c1-19-7-6-10-23(20(19)2)26-15-17-27(18-16-26)25(28)14-12-22-11-13-24(29-22)21-8-4-3-5-9-21/h3-11,13H,12,14-18H2,1-2H3. The van der Waals surface area contributed by atoms with Crippen molar-refractivity contribution in [1.29, 1.82) is 0 Å². The zero-order valence-electron chi connectivity index (χ0n) is 17.2. The van der Waals surface area contributed by atoms with Crippen LogP contribution in [0, 0.1) is 13.8 Å². The second kappa shape index (κ2) is 8.56. The fraction of sp³-hybridized carbons (Fsp3) is 0.320. The van der Waals surface area contributed by atoms with Crippen LogP contribution in [0.4, 0.5) is 5.69 Å². The number of aryl methyl sites for hydroxylation is 2. The molecule has 4 rings (SSSR count). The number of furan rings is 1. The first-order valence-corrected chi connectivity index (χ1v) is 10.3. The van der Waals surface area contributed by atoms with Gasteiger partial charge >= 0.3 is 0 Å². The van der Waals surface area contributed by atoms with Crippen LogP contribution in [0.3, 0.4) is 0 Å². The Labute approximate surface area is 172 Å². The first kappa shape index (κ1) is 19.3. The zero-order chi connectivity index (χ0) is 20.2. The van der Waals surface area contributed by atoms with Crippen LogP contribution in [0.1, 0.15) is 23.3 Å². The van der Waals surface area contributed by atoms with Gasteiger partial charge in [0.15, 0.2) is 0 Å². The van der Waals surface area contributed by atoms with Crippen molar-refractivity contribution in [1.82, 2.24) is 4.90 Å². The monoisotopic (exact) mass is 388 g/mol. The van der Waals surface area contributed by atoms with E-state index in [0.29, 0.717) is 12.8 Å². The number of carbonyl (C=O) groups excluding carboxylic acids is 1. The van der Waals surface area contributed by atoms with Crippen LogP contribution in [0.5, 0.6) is 0 Å². The van der Waals surface area contributed by atoms with Crippen LogP contribution in [0.2, 0.25) is 0 Å². The number of piperazine rings is 1. The molecule has 0 spiro atoms. The van der Waals surface area contributed by atoms with Crippen molar-refractivity contribution >= 4 is 11.6 Å². The van der Waals surface area contributed by atoms with Gasteiger partial charge in [0.1, 0.15) is 11.5 Å². The molecule has 1 fully saturated rings. The average molecular weight is 389 g/mol. The van der Waals surface area contributed by atoms with Crippen LogP contribution in [0.25, 0.3) is 11.3 Å². The van der Waals surface area contributed by atoms with Crippen molar-refractivity contribution in [2.45, 2.75) is 26.7 Å². The van der Waals surface area contributed by atoms with Crippen molar-refractivity contribution in [3.05, 3.63) is 77.6 Å². The first-order valence-electron chi connectivity index (χ1n) is 10.3. The van der Waals surface area contributed by atoms with Crippen molar-refractivity contribution in [2.24, 2.45) is 0 Å². The van der Waals surface area contributed by atoms with Gasteiger partial charge in [-0.3, -0.25) is 4.79 Å². The van der Waals surface area contributed by atoms with E-state index in [1.165, 1.54) is 16.8 Å². The number of benzene rings is 2. The summed E-state index contributed by atoms with van der Waals surface area (Å²) in [4.78, 5) is 17.1. The predicted molar refractivity (Wildman–Crippen MR) is 117 cm³/mol. The molecule has 1 aliphatic heterocycles. The highest BCUT2D eigenvalue weighted by Crippen LogP contribution is 2.25. The normalized spacial score (nSPS) is 14.3. The lowest BCUT2D eigenvalue weighted by molar-refractivity contribution is -0.131. The van der Waals surface area contributed by atoms with Crippen LogP contribution in [0.15, 0.2) is 65.1 Å². The summed E-state index contributed by atoms with van der Waals surface area (Å²) in [6.45, 7) is 7.65. The third-order valence-electron chi connectivity index (χ3n) is 5.85. The first-order chi connectivity index (χ1) is 14.1. The van der Waals surface area contributed by atoms with E-state index in [0.717, 1.165) is 43.3 Å². The smallest absolute Gasteiger partial charge is 0.223 e. The lowest BCUT2D eigenvalue weighted by atomic mass is 10.1. The fourth-order valence-corrected chi connectivity index (χ4v) is 3.93. The van der Waals surface area contributed by atoms with E-state index < -0.39 is 0 Å². The Kier molecular flexibility index (Phi) is 5.70. The van der Waals surface area contributed by atoms with Gasteiger partial charge < -0.3 is 14.2 Å². The second-order valence-electron chi connectivity index (χ2n) is 7.72. The summed E-state index contributed by atoms with van der Waals surface area (Å²) in [7, 11) is 0. The Morgan fingerprint density at radius 2 is 1.66 bits per heavy atom. The molecule has 0 N–H and O–H groups in total. The van der Waals surface area contributed by atoms with E-state index in [9.17, 15) is 4.79 Å².